The standard InChI is InChI=1S/C24H29ClN4O2S/c25-18-6-4-15(5-7-18)20-16-2-3-17(20)13-29(12-16)23-26-19-8-11-32(31)21(19)22(27-23)28-24(14-30)9-1-10-24/h4-7,16-17,20,30H,1-3,8-14H2,(H,26,27,28)/t16?,17?,20?,32-/m1/s1. The van der Waals surface area contributed by atoms with E-state index in [1.54, 1.807) is 0 Å². The predicted octanol–water partition coefficient (Wildman–Crippen LogP) is 3.75. The van der Waals surface area contributed by atoms with Crippen LogP contribution in [0.15, 0.2) is 29.2 Å². The van der Waals surface area contributed by atoms with E-state index in [1.807, 2.05) is 12.1 Å². The number of piperidine rings is 1. The molecule has 4 aliphatic rings. The van der Waals surface area contributed by atoms with Gasteiger partial charge in [-0.1, -0.05) is 23.7 Å². The molecule has 2 aliphatic heterocycles. The molecule has 170 valence electrons. The molecule has 0 amide bonds. The van der Waals surface area contributed by atoms with Gasteiger partial charge in [-0.05, 0) is 67.6 Å². The largest absolute Gasteiger partial charge is 0.394 e. The first-order valence-corrected chi connectivity index (χ1v) is 13.4. The molecule has 3 heterocycles. The van der Waals surface area contributed by atoms with Gasteiger partial charge in [-0.2, -0.15) is 4.98 Å². The molecular formula is C24H29ClN4O2S. The molecule has 3 atom stereocenters. The second-order valence-electron chi connectivity index (χ2n) is 9.94. The van der Waals surface area contributed by atoms with Crippen molar-refractivity contribution in [2.24, 2.45) is 11.8 Å². The second kappa shape index (κ2) is 7.96. The number of fused-ring (bicyclic) bond motifs is 3. The van der Waals surface area contributed by atoms with Crippen molar-refractivity contribution in [2.75, 3.05) is 35.7 Å². The minimum absolute atomic E-state index is 0.0738. The van der Waals surface area contributed by atoms with Gasteiger partial charge in [0.05, 0.1) is 28.6 Å². The van der Waals surface area contributed by atoms with E-state index in [0.717, 1.165) is 60.3 Å². The van der Waals surface area contributed by atoms with Gasteiger partial charge >= 0.3 is 0 Å². The predicted molar refractivity (Wildman–Crippen MR) is 127 cm³/mol. The summed E-state index contributed by atoms with van der Waals surface area (Å²) in [5, 5.41) is 14.2. The third-order valence-corrected chi connectivity index (χ3v) is 9.76. The van der Waals surface area contributed by atoms with Gasteiger partial charge in [-0.3, -0.25) is 4.21 Å². The van der Waals surface area contributed by atoms with Crippen LogP contribution in [-0.4, -0.2) is 50.3 Å². The van der Waals surface area contributed by atoms with Crippen LogP contribution in [0.3, 0.4) is 0 Å². The lowest BCUT2D eigenvalue weighted by Gasteiger charge is -2.42. The number of hydrogen-bond acceptors (Lipinski definition) is 6. The fourth-order valence-electron chi connectivity index (χ4n) is 6.20. The molecule has 2 unspecified atom stereocenters. The maximum Gasteiger partial charge on any atom is 0.227 e. The van der Waals surface area contributed by atoms with Crippen molar-refractivity contribution in [1.29, 1.82) is 0 Å². The number of aryl methyl sites for hydroxylation is 1. The Kier molecular flexibility index (Phi) is 5.19. The highest BCUT2D eigenvalue weighted by molar-refractivity contribution is 7.85. The summed E-state index contributed by atoms with van der Waals surface area (Å²) < 4.78 is 12.7. The summed E-state index contributed by atoms with van der Waals surface area (Å²) in [6.45, 7) is 1.96. The number of aliphatic hydroxyl groups excluding tert-OH is 1. The van der Waals surface area contributed by atoms with Crippen LogP contribution >= 0.6 is 11.6 Å². The highest BCUT2D eigenvalue weighted by atomic mass is 35.5. The minimum atomic E-state index is -1.07. The van der Waals surface area contributed by atoms with Gasteiger partial charge in [0.25, 0.3) is 0 Å². The second-order valence-corrected chi connectivity index (χ2v) is 11.9. The van der Waals surface area contributed by atoms with E-state index in [2.05, 4.69) is 22.3 Å². The topological polar surface area (TPSA) is 78.4 Å². The lowest BCUT2D eigenvalue weighted by molar-refractivity contribution is 0.143. The van der Waals surface area contributed by atoms with E-state index in [4.69, 9.17) is 21.6 Å². The zero-order valence-electron chi connectivity index (χ0n) is 18.1. The van der Waals surface area contributed by atoms with Gasteiger partial charge in [0.1, 0.15) is 10.7 Å². The molecule has 2 bridgehead atoms. The van der Waals surface area contributed by atoms with Crippen LogP contribution in [0.2, 0.25) is 5.02 Å². The fourth-order valence-corrected chi connectivity index (χ4v) is 7.63. The van der Waals surface area contributed by atoms with Gasteiger partial charge in [0.2, 0.25) is 5.95 Å². The number of rotatable bonds is 5. The molecule has 1 saturated heterocycles. The lowest BCUT2D eigenvalue weighted by Crippen LogP contribution is -2.49. The molecule has 1 aromatic carbocycles. The normalized spacial score (nSPS) is 30.1. The van der Waals surface area contributed by atoms with Gasteiger partial charge in [-0.25, -0.2) is 4.98 Å². The molecule has 6 rings (SSSR count). The van der Waals surface area contributed by atoms with E-state index in [9.17, 15) is 9.32 Å². The number of hydrogen-bond donors (Lipinski definition) is 2. The first-order valence-electron chi connectivity index (χ1n) is 11.7. The van der Waals surface area contributed by atoms with Gasteiger partial charge in [0.15, 0.2) is 0 Å². The molecular weight excluding hydrogens is 444 g/mol. The van der Waals surface area contributed by atoms with Crippen molar-refractivity contribution in [3.8, 4) is 0 Å². The van der Waals surface area contributed by atoms with Crippen molar-refractivity contribution in [1.82, 2.24) is 9.97 Å². The van der Waals surface area contributed by atoms with Gasteiger partial charge < -0.3 is 15.3 Å². The third-order valence-electron chi connectivity index (χ3n) is 8.04. The number of benzene rings is 1. The Labute approximate surface area is 196 Å². The van der Waals surface area contributed by atoms with Crippen LogP contribution < -0.4 is 10.2 Å². The van der Waals surface area contributed by atoms with E-state index >= 15 is 0 Å². The molecule has 0 spiro atoms. The van der Waals surface area contributed by atoms with Crippen LogP contribution in [0.1, 0.15) is 49.3 Å². The summed E-state index contributed by atoms with van der Waals surface area (Å²) >= 11 is 6.12. The molecule has 0 radical (unpaired) electrons. The summed E-state index contributed by atoms with van der Waals surface area (Å²) in [5.74, 6) is 3.76. The van der Waals surface area contributed by atoms with E-state index < -0.39 is 10.8 Å². The maximum atomic E-state index is 12.7. The molecule has 3 fully saturated rings. The van der Waals surface area contributed by atoms with Crippen molar-refractivity contribution >= 4 is 34.2 Å². The highest BCUT2D eigenvalue weighted by Crippen LogP contribution is 2.49. The highest BCUT2D eigenvalue weighted by Gasteiger charge is 2.44. The number of nitrogens with zero attached hydrogens (tertiary/aromatic N) is 3. The number of aliphatic hydroxyl groups is 1. The lowest BCUT2D eigenvalue weighted by atomic mass is 9.77. The average Bonchev–Trinajstić information content (AvgIpc) is 3.27. The quantitative estimate of drug-likeness (QED) is 0.690. The Morgan fingerprint density at radius 2 is 1.88 bits per heavy atom. The number of aromatic nitrogens is 2. The Hall–Kier alpha value is -1.70. The van der Waals surface area contributed by atoms with Crippen molar-refractivity contribution in [3.05, 3.63) is 40.5 Å². The SMILES string of the molecule is O=[S@@]1CCc2nc(N3CC4CCC(C3)C4c3ccc(Cl)cc3)nc(NC3(CO)CCC3)c21. The summed E-state index contributed by atoms with van der Waals surface area (Å²) in [6, 6.07) is 8.37. The van der Waals surface area contributed by atoms with Crippen LogP contribution in [0.25, 0.3) is 0 Å². The molecule has 2 aromatic rings. The maximum absolute atomic E-state index is 12.7. The number of halogens is 1. The van der Waals surface area contributed by atoms with Crippen LogP contribution in [0.5, 0.6) is 0 Å². The Morgan fingerprint density at radius 1 is 1.16 bits per heavy atom. The molecule has 2 aliphatic carbocycles. The zero-order chi connectivity index (χ0) is 21.9. The van der Waals surface area contributed by atoms with Gasteiger partial charge in [0, 0.05) is 30.3 Å². The Morgan fingerprint density at radius 3 is 2.50 bits per heavy atom. The zero-order valence-corrected chi connectivity index (χ0v) is 19.7. The first kappa shape index (κ1) is 20.9. The van der Waals surface area contributed by atoms with Crippen LogP contribution in [0, 0.1) is 11.8 Å². The monoisotopic (exact) mass is 472 g/mol. The number of anilines is 2. The van der Waals surface area contributed by atoms with E-state index in [0.29, 0.717) is 29.3 Å². The molecule has 1 aromatic heterocycles. The summed E-state index contributed by atoms with van der Waals surface area (Å²) in [6.07, 6.45) is 6.11. The van der Waals surface area contributed by atoms with E-state index in [-0.39, 0.29) is 12.1 Å². The molecule has 6 nitrogen and oxygen atoms in total. The summed E-state index contributed by atoms with van der Waals surface area (Å²) in [5.41, 5.74) is 1.98. The van der Waals surface area contributed by atoms with Crippen molar-refractivity contribution in [3.63, 3.8) is 0 Å². The van der Waals surface area contributed by atoms with Crippen molar-refractivity contribution in [2.45, 2.75) is 54.9 Å². The molecule has 8 heteroatoms. The minimum Gasteiger partial charge on any atom is -0.394 e. The van der Waals surface area contributed by atoms with Gasteiger partial charge in [-0.15, -0.1) is 0 Å². The third kappa shape index (κ3) is 3.44. The smallest absolute Gasteiger partial charge is 0.227 e. The first-order chi connectivity index (χ1) is 15.5. The van der Waals surface area contributed by atoms with Crippen LogP contribution in [-0.2, 0) is 17.2 Å². The molecule has 2 saturated carbocycles. The summed E-state index contributed by atoms with van der Waals surface area (Å²) in [4.78, 5) is 12.9. The number of nitrogens with one attached hydrogen (secondary N) is 1. The van der Waals surface area contributed by atoms with Crippen molar-refractivity contribution < 1.29 is 9.32 Å². The Balaban J connectivity index is 1.30. The average molecular weight is 473 g/mol. The Bertz CT molecular complexity index is 1040. The van der Waals surface area contributed by atoms with E-state index in [1.165, 1.54) is 18.4 Å². The molecule has 32 heavy (non-hydrogen) atoms. The fraction of sp³-hybridized carbons (Fsp3) is 0.583. The summed E-state index contributed by atoms with van der Waals surface area (Å²) in [7, 11) is -1.07. The molecule has 2 N–H and O–H groups in total. The van der Waals surface area contributed by atoms with Crippen LogP contribution in [0.4, 0.5) is 11.8 Å².